The lowest BCUT2D eigenvalue weighted by Crippen LogP contribution is -2.61. The molecule has 2 aromatic rings. The van der Waals surface area contributed by atoms with Gasteiger partial charge in [-0.05, 0) is 44.4 Å². The van der Waals surface area contributed by atoms with Crippen LogP contribution < -0.4 is 11.1 Å². The second-order valence-corrected chi connectivity index (χ2v) is 10.3. The minimum Gasteiger partial charge on any atom is -0.386 e. The van der Waals surface area contributed by atoms with Crippen LogP contribution in [0.1, 0.15) is 42.2 Å². The van der Waals surface area contributed by atoms with Crippen LogP contribution in [0.15, 0.2) is 35.5 Å². The molecule has 3 N–H and O–H groups in total. The molecular weight excluding hydrogens is 433 g/mol. The average molecular weight is 452 g/mol. The van der Waals surface area contributed by atoms with Crippen molar-refractivity contribution in [3.05, 3.63) is 59.2 Å². The molecule has 1 aliphatic carbocycles. The van der Waals surface area contributed by atoms with Crippen LogP contribution in [0.4, 0.5) is 18.9 Å². The van der Waals surface area contributed by atoms with Gasteiger partial charge in [0.25, 0.3) is 5.91 Å². The molecule has 0 saturated heterocycles. The van der Waals surface area contributed by atoms with E-state index in [0.29, 0.717) is 25.1 Å². The molecule has 0 bridgehead atoms. The van der Waals surface area contributed by atoms with Gasteiger partial charge in [0.2, 0.25) is 0 Å². The maximum atomic E-state index is 14.7. The van der Waals surface area contributed by atoms with Crippen LogP contribution in [0.2, 0.25) is 0 Å². The average Bonchev–Trinajstić information content (AvgIpc) is 2.60. The summed E-state index contributed by atoms with van der Waals surface area (Å²) in [6, 6.07) is 4.00. The second-order valence-electron chi connectivity index (χ2n) is 8.01. The predicted octanol–water partition coefficient (Wildman–Crippen LogP) is 2.67. The van der Waals surface area contributed by atoms with Gasteiger partial charge in [0.15, 0.2) is 21.3 Å². The minimum absolute atomic E-state index is 0.0427. The molecular formula is C20H19F3N4O3S. The number of pyridine rings is 1. The number of nitrogens with one attached hydrogen (secondary N) is 1. The van der Waals surface area contributed by atoms with E-state index in [2.05, 4.69) is 15.3 Å². The van der Waals surface area contributed by atoms with Gasteiger partial charge in [0.05, 0.1) is 11.9 Å². The van der Waals surface area contributed by atoms with E-state index in [1.807, 2.05) is 0 Å². The largest absolute Gasteiger partial charge is 0.386 e. The number of hydrogen-bond donors (Lipinski definition) is 2. The van der Waals surface area contributed by atoms with E-state index in [-0.39, 0.29) is 17.1 Å². The van der Waals surface area contributed by atoms with Crippen LogP contribution >= 0.6 is 0 Å². The van der Waals surface area contributed by atoms with Crippen molar-refractivity contribution in [2.45, 2.75) is 36.5 Å². The van der Waals surface area contributed by atoms with Crippen molar-refractivity contribution in [3.8, 4) is 0 Å². The summed E-state index contributed by atoms with van der Waals surface area (Å²) in [5.74, 6) is -4.30. The molecule has 2 aliphatic rings. The Kier molecular flexibility index (Phi) is 4.84. The SMILES string of the molecule is C[C@@]1(c2cc(NC(=O)c3ncc(F)cc3F)ccc2F)CS(=O)(=O)C2(CCC2)C(N)=N1. The fraction of sp³-hybridized carbons (Fsp3) is 0.350. The van der Waals surface area contributed by atoms with Crippen LogP contribution in [-0.4, -0.2) is 35.6 Å². The van der Waals surface area contributed by atoms with E-state index in [9.17, 15) is 26.4 Å². The first-order valence-corrected chi connectivity index (χ1v) is 11.1. The third-order valence-electron chi connectivity index (χ3n) is 5.89. The van der Waals surface area contributed by atoms with E-state index in [1.165, 1.54) is 19.1 Å². The van der Waals surface area contributed by atoms with Crippen molar-refractivity contribution in [3.63, 3.8) is 0 Å². The van der Waals surface area contributed by atoms with E-state index in [1.54, 1.807) is 0 Å². The first-order chi connectivity index (χ1) is 14.5. The lowest BCUT2D eigenvalue weighted by atomic mass is 9.82. The summed E-state index contributed by atoms with van der Waals surface area (Å²) >= 11 is 0. The number of halogens is 3. The van der Waals surface area contributed by atoms with E-state index in [4.69, 9.17) is 5.73 Å². The Balaban J connectivity index is 1.69. The molecule has 1 aromatic heterocycles. The molecule has 7 nitrogen and oxygen atoms in total. The number of hydrogen-bond acceptors (Lipinski definition) is 6. The van der Waals surface area contributed by atoms with Crippen LogP contribution in [0.5, 0.6) is 0 Å². The zero-order valence-corrected chi connectivity index (χ0v) is 17.3. The number of carbonyl (C=O) groups excluding carboxylic acids is 1. The minimum atomic E-state index is -3.70. The zero-order valence-electron chi connectivity index (χ0n) is 16.5. The van der Waals surface area contributed by atoms with Crippen LogP contribution in [-0.2, 0) is 15.4 Å². The Morgan fingerprint density at radius 1 is 1.16 bits per heavy atom. The third kappa shape index (κ3) is 3.36. The molecule has 1 atom stereocenters. The summed E-state index contributed by atoms with van der Waals surface area (Å²) in [5, 5.41) is 2.35. The number of carbonyl (C=O) groups is 1. The van der Waals surface area contributed by atoms with Crippen molar-refractivity contribution < 1.29 is 26.4 Å². The summed E-state index contributed by atoms with van der Waals surface area (Å²) in [7, 11) is -3.70. The fourth-order valence-corrected chi connectivity index (χ4v) is 6.57. The number of anilines is 1. The lowest BCUT2D eigenvalue weighted by Gasteiger charge is -2.46. The Hall–Kier alpha value is -2.95. The van der Waals surface area contributed by atoms with Gasteiger partial charge in [0.1, 0.15) is 27.8 Å². The van der Waals surface area contributed by atoms with Gasteiger partial charge >= 0.3 is 0 Å². The van der Waals surface area contributed by atoms with Gasteiger partial charge < -0.3 is 11.1 Å². The molecule has 1 amide bonds. The topological polar surface area (TPSA) is 115 Å². The maximum absolute atomic E-state index is 14.7. The Morgan fingerprint density at radius 3 is 2.45 bits per heavy atom. The lowest BCUT2D eigenvalue weighted by molar-refractivity contribution is 0.101. The molecule has 1 fully saturated rings. The molecule has 1 aromatic carbocycles. The highest BCUT2D eigenvalue weighted by atomic mass is 32.2. The fourth-order valence-electron chi connectivity index (χ4n) is 4.06. The molecule has 0 radical (unpaired) electrons. The molecule has 0 unspecified atom stereocenters. The number of nitrogens with two attached hydrogens (primary N) is 1. The number of sulfone groups is 1. The summed E-state index contributed by atoms with van der Waals surface area (Å²) < 4.78 is 66.3. The molecule has 11 heteroatoms. The highest BCUT2D eigenvalue weighted by Gasteiger charge is 2.58. The van der Waals surface area contributed by atoms with Crippen LogP contribution in [0.3, 0.4) is 0 Å². The van der Waals surface area contributed by atoms with Crippen molar-refractivity contribution in [1.29, 1.82) is 0 Å². The monoisotopic (exact) mass is 452 g/mol. The number of benzene rings is 1. The molecule has 164 valence electrons. The van der Waals surface area contributed by atoms with Crippen LogP contribution in [0.25, 0.3) is 0 Å². The number of amides is 1. The zero-order chi connectivity index (χ0) is 22.6. The smallest absolute Gasteiger partial charge is 0.277 e. The summed E-state index contributed by atoms with van der Waals surface area (Å²) in [6.45, 7) is 1.45. The number of amidine groups is 1. The van der Waals surface area contributed by atoms with Crippen LogP contribution in [0, 0.1) is 17.5 Å². The highest BCUT2D eigenvalue weighted by Crippen LogP contribution is 2.47. The van der Waals surface area contributed by atoms with Crippen molar-refractivity contribution in [2.75, 3.05) is 11.1 Å². The quantitative estimate of drug-likeness (QED) is 0.743. The van der Waals surface area contributed by atoms with Crippen molar-refractivity contribution in [2.24, 2.45) is 10.7 Å². The van der Waals surface area contributed by atoms with Crippen molar-refractivity contribution >= 4 is 27.3 Å². The number of rotatable bonds is 3. The van der Waals surface area contributed by atoms with Crippen molar-refractivity contribution in [1.82, 2.24) is 4.98 Å². The van der Waals surface area contributed by atoms with Gasteiger partial charge in [0, 0.05) is 17.3 Å². The second kappa shape index (κ2) is 7.04. The van der Waals surface area contributed by atoms with Gasteiger partial charge in [-0.3, -0.25) is 9.79 Å². The number of aromatic nitrogens is 1. The first kappa shape index (κ1) is 21.3. The van der Waals surface area contributed by atoms with Gasteiger partial charge in [-0.2, -0.15) is 0 Å². The van der Waals surface area contributed by atoms with E-state index in [0.717, 1.165) is 12.5 Å². The van der Waals surface area contributed by atoms with Gasteiger partial charge in [-0.1, -0.05) is 0 Å². The molecule has 1 spiro atoms. The number of aliphatic imine (C=N–C) groups is 1. The summed E-state index contributed by atoms with van der Waals surface area (Å²) in [5.41, 5.74) is 3.86. The van der Waals surface area contributed by atoms with Gasteiger partial charge in [-0.25, -0.2) is 26.6 Å². The van der Waals surface area contributed by atoms with E-state index < -0.39 is 54.9 Å². The molecule has 1 saturated carbocycles. The van der Waals surface area contributed by atoms with E-state index >= 15 is 0 Å². The predicted molar refractivity (Wildman–Crippen MR) is 108 cm³/mol. The molecule has 31 heavy (non-hydrogen) atoms. The summed E-state index contributed by atoms with van der Waals surface area (Å²) in [6.07, 6.45) is 2.18. The maximum Gasteiger partial charge on any atom is 0.277 e. The van der Waals surface area contributed by atoms with Gasteiger partial charge in [-0.15, -0.1) is 0 Å². The molecule has 2 heterocycles. The molecule has 4 rings (SSSR count). The number of nitrogens with zero attached hydrogens (tertiary/aromatic N) is 2. The normalized spacial score (nSPS) is 23.7. The first-order valence-electron chi connectivity index (χ1n) is 9.48. The third-order valence-corrected chi connectivity index (χ3v) is 8.64. The molecule has 1 aliphatic heterocycles. The Labute approximate surface area is 176 Å². The highest BCUT2D eigenvalue weighted by molar-refractivity contribution is 7.93. The Morgan fingerprint density at radius 2 is 1.87 bits per heavy atom. The Bertz CT molecular complexity index is 1230. The summed E-state index contributed by atoms with van der Waals surface area (Å²) in [4.78, 5) is 20.1. The standard InChI is InChI=1S/C20H19F3N4O3S/c1-19(10-31(29,30)20(5-2-6-20)18(24)27-19)13-8-12(3-4-14(13)22)26-17(28)16-15(23)7-11(21)9-25-16/h3-4,7-9H,2,5-6,10H2,1H3,(H2,24,27)(H,26,28)/t19-/m0/s1.